The van der Waals surface area contributed by atoms with Crippen LogP contribution in [-0.2, 0) is 16.2 Å². The zero-order chi connectivity index (χ0) is 37.7. The highest BCUT2D eigenvalue weighted by Crippen LogP contribution is 2.42. The summed E-state index contributed by atoms with van der Waals surface area (Å²) >= 11 is 0. The minimum atomic E-state index is -0.318. The molecule has 0 radical (unpaired) electrons. The van der Waals surface area contributed by atoms with E-state index in [4.69, 9.17) is 0 Å². The Kier molecular flexibility index (Phi) is 13.0. The van der Waals surface area contributed by atoms with Crippen LogP contribution in [0.1, 0.15) is 142 Å². The maximum atomic E-state index is 10.7. The third-order valence-corrected chi connectivity index (χ3v) is 9.61. The molecule has 272 valence electrons. The minimum absolute atomic E-state index is 0.0503. The maximum Gasteiger partial charge on any atom is 0.123 e. The number of aliphatic hydroxyl groups is 1. The van der Waals surface area contributed by atoms with E-state index < -0.39 is 0 Å². The Hall–Kier alpha value is -3.44. The normalized spacial score (nSPS) is 16.6. The van der Waals surface area contributed by atoms with Crippen LogP contribution in [-0.4, -0.2) is 37.7 Å². The fourth-order valence-corrected chi connectivity index (χ4v) is 6.94. The molecule has 1 saturated heterocycles. The summed E-state index contributed by atoms with van der Waals surface area (Å²) in [6, 6.07) is 36.4. The van der Waals surface area contributed by atoms with Gasteiger partial charge in [0.15, 0.2) is 0 Å². The summed E-state index contributed by atoms with van der Waals surface area (Å²) in [5, 5.41) is 31.4. The van der Waals surface area contributed by atoms with Crippen molar-refractivity contribution in [2.24, 2.45) is 0 Å². The van der Waals surface area contributed by atoms with Gasteiger partial charge in [-0.25, -0.2) is 0 Å². The number of aromatic hydroxyl groups is 1. The molecule has 4 heteroatoms. The molecule has 0 saturated carbocycles. The van der Waals surface area contributed by atoms with E-state index in [0.29, 0.717) is 24.5 Å². The third kappa shape index (κ3) is 10.8. The van der Waals surface area contributed by atoms with Crippen molar-refractivity contribution < 1.29 is 15.4 Å². The summed E-state index contributed by atoms with van der Waals surface area (Å²) in [6.07, 6.45) is 0.971. The third-order valence-electron chi connectivity index (χ3n) is 9.61. The van der Waals surface area contributed by atoms with Crippen LogP contribution in [0.3, 0.4) is 0 Å². The van der Waals surface area contributed by atoms with Gasteiger partial charge in [0.2, 0.25) is 0 Å². The Bertz CT molecular complexity index is 1480. The molecule has 4 aromatic rings. The number of hydrogen-bond donors (Lipinski definition) is 3. The van der Waals surface area contributed by atoms with E-state index in [2.05, 4.69) is 165 Å². The standard InChI is InChI=1S/C19H16.C18H30O.C9H19NO2/c1-4-10-16(11-5-1)19(17-12-6-2-7-13-17)18-14-8-3-9-15-18;1-16(2,3)12-10-13(17(4,5)6)15(19)14(11-12)18(7,8)9;1-8(2)5-7(11)6-9(3,4)10(8)12/h1-15,19H;10-11,19H,1-9H3;7,11-12H,5-6H2,1-4H3. The highest BCUT2D eigenvalue weighted by Gasteiger charge is 2.44. The average molecular weight is 680 g/mol. The number of phenolic OH excluding ortho intramolecular Hbond substituents is 1. The fourth-order valence-electron chi connectivity index (χ4n) is 6.94. The number of rotatable bonds is 3. The quantitative estimate of drug-likeness (QED) is 0.189. The first-order valence-electron chi connectivity index (χ1n) is 18.2. The Morgan fingerprint density at radius 3 is 1.12 bits per heavy atom. The molecule has 4 aromatic carbocycles. The Balaban J connectivity index is 0.000000209. The van der Waals surface area contributed by atoms with Gasteiger partial charge in [0, 0.05) is 17.0 Å². The number of piperidine rings is 1. The van der Waals surface area contributed by atoms with Crippen molar-refractivity contribution in [1.29, 1.82) is 0 Å². The molecule has 3 N–H and O–H groups in total. The van der Waals surface area contributed by atoms with Crippen molar-refractivity contribution >= 4 is 0 Å². The number of aliphatic hydroxyl groups excluding tert-OH is 1. The lowest BCUT2D eigenvalue weighted by Gasteiger charge is -2.50. The summed E-state index contributed by atoms with van der Waals surface area (Å²) in [5.41, 5.74) is 6.74. The molecule has 0 unspecified atom stereocenters. The molecule has 4 nitrogen and oxygen atoms in total. The van der Waals surface area contributed by atoms with E-state index in [1.165, 1.54) is 27.3 Å². The van der Waals surface area contributed by atoms with E-state index in [1.54, 1.807) is 0 Å². The predicted octanol–water partition coefficient (Wildman–Crippen LogP) is 11.5. The smallest absolute Gasteiger partial charge is 0.123 e. The van der Waals surface area contributed by atoms with Gasteiger partial charge in [0.1, 0.15) is 5.75 Å². The molecule has 1 aliphatic heterocycles. The van der Waals surface area contributed by atoms with Crippen LogP contribution in [0.4, 0.5) is 0 Å². The Morgan fingerprint density at radius 2 is 0.860 bits per heavy atom. The highest BCUT2D eigenvalue weighted by atomic mass is 16.5. The molecule has 0 amide bonds. The number of phenols is 1. The zero-order valence-electron chi connectivity index (χ0n) is 33.2. The molecule has 50 heavy (non-hydrogen) atoms. The monoisotopic (exact) mass is 679 g/mol. The Morgan fingerprint density at radius 1 is 0.560 bits per heavy atom. The second-order valence-electron chi connectivity index (χ2n) is 18.3. The molecular weight excluding hydrogens is 615 g/mol. The van der Waals surface area contributed by atoms with E-state index in [1.807, 2.05) is 27.7 Å². The minimum Gasteiger partial charge on any atom is -0.507 e. The zero-order valence-corrected chi connectivity index (χ0v) is 33.2. The molecule has 1 aliphatic rings. The number of benzene rings is 4. The summed E-state index contributed by atoms with van der Waals surface area (Å²) < 4.78 is 0. The molecular formula is C46H65NO3. The second-order valence-corrected chi connectivity index (χ2v) is 18.3. The van der Waals surface area contributed by atoms with Gasteiger partial charge in [-0.2, -0.15) is 5.06 Å². The van der Waals surface area contributed by atoms with Crippen LogP contribution in [0.15, 0.2) is 103 Å². The van der Waals surface area contributed by atoms with Gasteiger partial charge < -0.3 is 15.4 Å². The molecule has 0 spiro atoms. The lowest BCUT2D eigenvalue weighted by Crippen LogP contribution is -2.60. The SMILES string of the molecule is CC(C)(C)c1cc(C(C)(C)C)c(O)c(C(C)(C)C)c1.CC1(C)CC(O)CC(C)(C)N1O.c1ccc(C(c2ccccc2)c2ccccc2)cc1. The number of hydroxylamine groups is 2. The first kappa shape index (κ1) is 41.0. The van der Waals surface area contributed by atoms with Crippen molar-refractivity contribution in [2.45, 2.75) is 142 Å². The number of nitrogens with zero attached hydrogens (tertiary/aromatic N) is 1. The van der Waals surface area contributed by atoms with Crippen LogP contribution in [0.5, 0.6) is 5.75 Å². The van der Waals surface area contributed by atoms with Crippen molar-refractivity contribution in [3.63, 3.8) is 0 Å². The van der Waals surface area contributed by atoms with Gasteiger partial charge >= 0.3 is 0 Å². The molecule has 0 aromatic heterocycles. The molecule has 0 bridgehead atoms. The predicted molar refractivity (Wildman–Crippen MR) is 212 cm³/mol. The van der Waals surface area contributed by atoms with Crippen LogP contribution in [0.2, 0.25) is 0 Å². The summed E-state index contributed by atoms with van der Waals surface area (Å²) in [5.74, 6) is 0.775. The average Bonchev–Trinajstić information content (AvgIpc) is 3.00. The van der Waals surface area contributed by atoms with Crippen LogP contribution >= 0.6 is 0 Å². The van der Waals surface area contributed by atoms with Gasteiger partial charge in [-0.15, -0.1) is 0 Å². The van der Waals surface area contributed by atoms with Crippen molar-refractivity contribution in [3.05, 3.63) is 137 Å². The molecule has 0 aliphatic carbocycles. The van der Waals surface area contributed by atoms with Crippen LogP contribution in [0.25, 0.3) is 0 Å². The van der Waals surface area contributed by atoms with Gasteiger partial charge in [-0.3, -0.25) is 0 Å². The van der Waals surface area contributed by atoms with Gasteiger partial charge in [-0.1, -0.05) is 165 Å². The highest BCUT2D eigenvalue weighted by molar-refractivity contribution is 5.51. The van der Waals surface area contributed by atoms with Crippen molar-refractivity contribution in [3.8, 4) is 5.75 Å². The summed E-state index contributed by atoms with van der Waals surface area (Å²) in [6.45, 7) is 27.4. The van der Waals surface area contributed by atoms with Crippen molar-refractivity contribution in [1.82, 2.24) is 5.06 Å². The van der Waals surface area contributed by atoms with Gasteiger partial charge in [0.05, 0.1) is 6.10 Å². The first-order valence-corrected chi connectivity index (χ1v) is 18.2. The first-order chi connectivity index (χ1) is 22.9. The van der Waals surface area contributed by atoms with Crippen LogP contribution in [0, 0.1) is 0 Å². The molecule has 1 fully saturated rings. The lowest BCUT2D eigenvalue weighted by molar-refractivity contribution is -0.257. The Labute approximate surface area is 304 Å². The van der Waals surface area contributed by atoms with E-state index >= 15 is 0 Å². The van der Waals surface area contributed by atoms with Crippen LogP contribution < -0.4 is 0 Å². The summed E-state index contributed by atoms with van der Waals surface area (Å²) in [7, 11) is 0. The van der Waals surface area contributed by atoms with Crippen molar-refractivity contribution in [2.75, 3.05) is 0 Å². The number of hydrogen-bond acceptors (Lipinski definition) is 4. The second kappa shape index (κ2) is 15.8. The van der Waals surface area contributed by atoms with Gasteiger partial charge in [-0.05, 0) is 90.2 Å². The maximum absolute atomic E-state index is 10.7. The fraction of sp³-hybridized carbons (Fsp3) is 0.478. The largest absolute Gasteiger partial charge is 0.507 e. The summed E-state index contributed by atoms with van der Waals surface area (Å²) in [4.78, 5) is 0. The van der Waals surface area contributed by atoms with E-state index in [-0.39, 0.29) is 33.4 Å². The van der Waals surface area contributed by atoms with E-state index in [0.717, 1.165) is 11.1 Å². The topological polar surface area (TPSA) is 63.9 Å². The molecule has 5 rings (SSSR count). The van der Waals surface area contributed by atoms with E-state index in [9.17, 15) is 15.4 Å². The molecule has 1 heterocycles. The van der Waals surface area contributed by atoms with Gasteiger partial charge in [0.25, 0.3) is 0 Å². The molecule has 0 atom stereocenters. The lowest BCUT2D eigenvalue weighted by atomic mass is 9.75.